The zero-order valence-corrected chi connectivity index (χ0v) is 11.4. The zero-order chi connectivity index (χ0) is 13.7. The molecule has 0 aromatic heterocycles. The minimum atomic E-state index is -0.553. The number of piperidine rings is 1. The molecule has 4 nitrogen and oxygen atoms in total. The molecule has 0 bridgehead atoms. The highest BCUT2D eigenvalue weighted by Crippen LogP contribution is 2.20. The second kappa shape index (κ2) is 6.68. The third kappa shape index (κ3) is 3.55. The molecule has 1 amide bonds. The first-order valence-electron chi connectivity index (χ1n) is 6.80. The maximum absolute atomic E-state index is 12.4. The van der Waals surface area contributed by atoms with Gasteiger partial charge in [0.05, 0.1) is 6.61 Å². The second-order valence-corrected chi connectivity index (χ2v) is 5.14. The van der Waals surface area contributed by atoms with E-state index in [4.69, 9.17) is 10.5 Å². The molecule has 1 aromatic rings. The number of ether oxygens (including phenoxy) is 1. The number of hydrogen-bond acceptors (Lipinski definition) is 3. The van der Waals surface area contributed by atoms with Crippen LogP contribution in [-0.4, -0.2) is 37.6 Å². The molecule has 0 radical (unpaired) electrons. The second-order valence-electron chi connectivity index (χ2n) is 5.14. The quantitative estimate of drug-likeness (QED) is 0.896. The Balaban J connectivity index is 1.99. The zero-order valence-electron chi connectivity index (χ0n) is 11.4. The third-order valence-corrected chi connectivity index (χ3v) is 3.66. The Kier molecular flexibility index (Phi) is 4.93. The van der Waals surface area contributed by atoms with Crippen LogP contribution in [0.25, 0.3) is 0 Å². The standard InChI is InChI=1S/C15H22N2O2/c1-19-11-12-6-5-9-17(10-12)15(18)14(16)13-7-3-2-4-8-13/h2-4,7-8,12,14H,5-6,9-11,16H2,1H3. The lowest BCUT2D eigenvalue weighted by Gasteiger charge is -2.34. The highest BCUT2D eigenvalue weighted by Gasteiger charge is 2.27. The largest absolute Gasteiger partial charge is 0.384 e. The molecular weight excluding hydrogens is 240 g/mol. The van der Waals surface area contributed by atoms with E-state index in [9.17, 15) is 4.79 Å². The van der Waals surface area contributed by atoms with Crippen LogP contribution in [0.3, 0.4) is 0 Å². The number of nitrogens with zero attached hydrogens (tertiary/aromatic N) is 1. The summed E-state index contributed by atoms with van der Waals surface area (Å²) in [6, 6.07) is 9.00. The summed E-state index contributed by atoms with van der Waals surface area (Å²) < 4.78 is 5.19. The van der Waals surface area contributed by atoms with E-state index in [0.29, 0.717) is 12.5 Å². The monoisotopic (exact) mass is 262 g/mol. The van der Waals surface area contributed by atoms with Crippen LogP contribution in [-0.2, 0) is 9.53 Å². The van der Waals surface area contributed by atoms with Gasteiger partial charge < -0.3 is 15.4 Å². The lowest BCUT2D eigenvalue weighted by Crippen LogP contribution is -2.45. The van der Waals surface area contributed by atoms with Crippen LogP contribution in [0.4, 0.5) is 0 Å². The van der Waals surface area contributed by atoms with Crippen molar-refractivity contribution in [3.05, 3.63) is 35.9 Å². The van der Waals surface area contributed by atoms with Crippen LogP contribution >= 0.6 is 0 Å². The predicted molar refractivity (Wildman–Crippen MR) is 74.6 cm³/mol. The number of nitrogens with two attached hydrogens (primary N) is 1. The van der Waals surface area contributed by atoms with Gasteiger partial charge in [-0.2, -0.15) is 0 Å². The maximum Gasteiger partial charge on any atom is 0.244 e. The smallest absolute Gasteiger partial charge is 0.244 e. The SMILES string of the molecule is COCC1CCCN(C(=O)C(N)c2ccccc2)C1. The fourth-order valence-corrected chi connectivity index (χ4v) is 2.64. The van der Waals surface area contributed by atoms with Crippen molar-refractivity contribution >= 4 is 5.91 Å². The van der Waals surface area contributed by atoms with Gasteiger partial charge in [-0.3, -0.25) is 4.79 Å². The van der Waals surface area contributed by atoms with Crippen molar-refractivity contribution in [2.45, 2.75) is 18.9 Å². The molecule has 1 fully saturated rings. The average molecular weight is 262 g/mol. The summed E-state index contributed by atoms with van der Waals surface area (Å²) >= 11 is 0. The first kappa shape index (κ1) is 14.0. The maximum atomic E-state index is 12.4. The molecule has 2 rings (SSSR count). The Bertz CT molecular complexity index is 406. The minimum Gasteiger partial charge on any atom is -0.384 e. The molecule has 1 heterocycles. The number of likely N-dealkylation sites (tertiary alicyclic amines) is 1. The minimum absolute atomic E-state index is 0.0204. The van der Waals surface area contributed by atoms with Crippen molar-refractivity contribution in [3.63, 3.8) is 0 Å². The number of rotatable bonds is 4. The summed E-state index contributed by atoms with van der Waals surface area (Å²) in [6.07, 6.45) is 2.15. The summed E-state index contributed by atoms with van der Waals surface area (Å²) in [6.45, 7) is 2.27. The molecule has 104 valence electrons. The topological polar surface area (TPSA) is 55.6 Å². The van der Waals surface area contributed by atoms with Crippen LogP contribution in [0, 0.1) is 5.92 Å². The van der Waals surface area contributed by atoms with Crippen molar-refractivity contribution < 1.29 is 9.53 Å². The molecule has 0 spiro atoms. The summed E-state index contributed by atoms with van der Waals surface area (Å²) in [5.74, 6) is 0.456. The Morgan fingerprint density at radius 3 is 2.89 bits per heavy atom. The van der Waals surface area contributed by atoms with Gasteiger partial charge in [-0.25, -0.2) is 0 Å². The van der Waals surface area contributed by atoms with Crippen LogP contribution in [0.5, 0.6) is 0 Å². The van der Waals surface area contributed by atoms with Crippen molar-refractivity contribution in [1.82, 2.24) is 4.90 Å². The van der Waals surface area contributed by atoms with Crippen molar-refractivity contribution in [1.29, 1.82) is 0 Å². The highest BCUT2D eigenvalue weighted by molar-refractivity contribution is 5.83. The molecule has 2 N–H and O–H groups in total. The molecule has 0 saturated carbocycles. The van der Waals surface area contributed by atoms with E-state index in [1.54, 1.807) is 7.11 Å². The van der Waals surface area contributed by atoms with Gasteiger partial charge in [0.25, 0.3) is 0 Å². The van der Waals surface area contributed by atoms with Gasteiger partial charge in [-0.15, -0.1) is 0 Å². The number of methoxy groups -OCH3 is 1. The van der Waals surface area contributed by atoms with Crippen LogP contribution in [0.1, 0.15) is 24.4 Å². The lowest BCUT2D eigenvalue weighted by molar-refractivity contribution is -0.135. The lowest BCUT2D eigenvalue weighted by atomic mass is 9.97. The summed E-state index contributed by atoms with van der Waals surface area (Å²) in [4.78, 5) is 14.3. The van der Waals surface area contributed by atoms with Gasteiger partial charge in [-0.1, -0.05) is 30.3 Å². The van der Waals surface area contributed by atoms with E-state index in [2.05, 4.69) is 0 Å². The third-order valence-electron chi connectivity index (χ3n) is 3.66. The van der Waals surface area contributed by atoms with Gasteiger partial charge >= 0.3 is 0 Å². The van der Waals surface area contributed by atoms with E-state index in [-0.39, 0.29) is 5.91 Å². The number of carbonyl (C=O) groups is 1. The van der Waals surface area contributed by atoms with Gasteiger partial charge in [0.2, 0.25) is 5.91 Å². The number of amides is 1. The van der Waals surface area contributed by atoms with Gasteiger partial charge in [-0.05, 0) is 24.3 Å². The fraction of sp³-hybridized carbons (Fsp3) is 0.533. The molecule has 4 heteroatoms. The first-order valence-corrected chi connectivity index (χ1v) is 6.80. The molecule has 1 aliphatic rings. The number of carbonyl (C=O) groups excluding carboxylic acids is 1. The molecule has 2 unspecified atom stereocenters. The average Bonchev–Trinajstić information content (AvgIpc) is 2.47. The Morgan fingerprint density at radius 1 is 1.47 bits per heavy atom. The number of hydrogen-bond donors (Lipinski definition) is 1. The Morgan fingerprint density at radius 2 is 2.21 bits per heavy atom. The van der Waals surface area contributed by atoms with E-state index < -0.39 is 6.04 Å². The van der Waals surface area contributed by atoms with Crippen molar-refractivity contribution in [3.8, 4) is 0 Å². The molecule has 19 heavy (non-hydrogen) atoms. The highest BCUT2D eigenvalue weighted by atomic mass is 16.5. The molecule has 1 aromatic carbocycles. The molecular formula is C15H22N2O2. The Labute approximate surface area is 114 Å². The van der Waals surface area contributed by atoms with Gasteiger partial charge in [0.1, 0.15) is 6.04 Å². The summed E-state index contributed by atoms with van der Waals surface area (Å²) in [7, 11) is 1.70. The fourth-order valence-electron chi connectivity index (χ4n) is 2.64. The van der Waals surface area contributed by atoms with Crippen molar-refractivity contribution in [2.75, 3.05) is 26.8 Å². The van der Waals surface area contributed by atoms with E-state index in [0.717, 1.165) is 31.5 Å². The molecule has 1 aliphatic heterocycles. The van der Waals surface area contributed by atoms with E-state index in [1.807, 2.05) is 35.2 Å². The van der Waals surface area contributed by atoms with Crippen LogP contribution in [0.2, 0.25) is 0 Å². The first-order chi connectivity index (χ1) is 9.22. The molecule has 0 aliphatic carbocycles. The molecule has 2 atom stereocenters. The van der Waals surface area contributed by atoms with Crippen molar-refractivity contribution in [2.24, 2.45) is 11.7 Å². The van der Waals surface area contributed by atoms with E-state index >= 15 is 0 Å². The molecule has 1 saturated heterocycles. The predicted octanol–water partition coefficient (Wildman–Crippen LogP) is 1.57. The normalized spacial score (nSPS) is 21.2. The number of benzene rings is 1. The summed E-state index contributed by atoms with van der Waals surface area (Å²) in [5, 5.41) is 0. The van der Waals surface area contributed by atoms with Crippen LogP contribution < -0.4 is 5.73 Å². The Hall–Kier alpha value is -1.39. The van der Waals surface area contributed by atoms with Gasteiger partial charge in [0, 0.05) is 20.2 Å². The van der Waals surface area contributed by atoms with E-state index in [1.165, 1.54) is 0 Å². The van der Waals surface area contributed by atoms with Gasteiger partial charge in [0.15, 0.2) is 0 Å². The summed E-state index contributed by atoms with van der Waals surface area (Å²) in [5.41, 5.74) is 6.94. The van der Waals surface area contributed by atoms with Crippen LogP contribution in [0.15, 0.2) is 30.3 Å².